The minimum Gasteiger partial charge on any atom is -0.500 e. The van der Waals surface area contributed by atoms with E-state index in [4.69, 9.17) is 4.74 Å². The Morgan fingerprint density at radius 1 is 1.24 bits per heavy atom. The Hall–Kier alpha value is -2.50. The highest BCUT2D eigenvalue weighted by Crippen LogP contribution is 2.33. The van der Waals surface area contributed by atoms with Crippen molar-refractivity contribution in [3.63, 3.8) is 0 Å². The summed E-state index contributed by atoms with van der Waals surface area (Å²) in [5.41, 5.74) is 0.788. The molecule has 2 N–H and O–H groups in total. The van der Waals surface area contributed by atoms with E-state index in [2.05, 4.69) is 5.32 Å². The van der Waals surface area contributed by atoms with Gasteiger partial charge in [0.2, 0.25) is 11.7 Å². The van der Waals surface area contributed by atoms with Crippen LogP contribution >= 0.6 is 0 Å². The molecule has 0 saturated heterocycles. The number of hydrogen-bond donors (Lipinski definition) is 2. The Balaban J connectivity index is 2.62. The van der Waals surface area contributed by atoms with Gasteiger partial charge in [-0.25, -0.2) is 0 Å². The second-order valence-electron chi connectivity index (χ2n) is 6.10. The molecule has 0 unspecified atom stereocenters. The number of benzene rings is 1. The summed E-state index contributed by atoms with van der Waals surface area (Å²) in [6, 6.07) is 5.26. The third-order valence-electron chi connectivity index (χ3n) is 4.00. The number of aromatic nitrogens is 1. The molecule has 0 fully saturated rings. The second-order valence-corrected chi connectivity index (χ2v) is 6.10. The zero-order valence-corrected chi connectivity index (χ0v) is 15.1. The van der Waals surface area contributed by atoms with Gasteiger partial charge in [-0.2, -0.15) is 0 Å². The summed E-state index contributed by atoms with van der Waals surface area (Å²) in [5, 5.41) is 13.8. The molecule has 1 heterocycles. The molecule has 0 aliphatic rings. The zero-order chi connectivity index (χ0) is 18.4. The molecular weight excluding hydrogens is 320 g/mol. The summed E-state index contributed by atoms with van der Waals surface area (Å²) in [6.45, 7) is 6.45. The maximum atomic E-state index is 12.6. The number of nitrogens with zero attached hydrogens (tertiary/aromatic N) is 1. The SMILES string of the molecule is CCCCOc1c(O)c(=O)n(CCCC)c2cc(NC(C)=O)ccc12. The first-order chi connectivity index (χ1) is 12.0. The van der Waals surface area contributed by atoms with Crippen LogP contribution in [0, 0.1) is 0 Å². The Labute approximate surface area is 147 Å². The fourth-order valence-electron chi connectivity index (χ4n) is 2.69. The van der Waals surface area contributed by atoms with Crippen LogP contribution in [-0.2, 0) is 11.3 Å². The Morgan fingerprint density at radius 2 is 1.96 bits per heavy atom. The largest absolute Gasteiger partial charge is 0.500 e. The number of hydrogen-bond acceptors (Lipinski definition) is 4. The van der Waals surface area contributed by atoms with E-state index in [1.54, 1.807) is 22.8 Å². The van der Waals surface area contributed by atoms with E-state index in [1.807, 2.05) is 13.8 Å². The molecular formula is C19H26N2O4. The number of amides is 1. The molecule has 0 radical (unpaired) electrons. The van der Waals surface area contributed by atoms with Crippen LogP contribution in [-0.4, -0.2) is 22.2 Å². The highest BCUT2D eigenvalue weighted by Gasteiger charge is 2.18. The number of fused-ring (bicyclic) bond motifs is 1. The Morgan fingerprint density at radius 3 is 2.60 bits per heavy atom. The van der Waals surface area contributed by atoms with Gasteiger partial charge >= 0.3 is 0 Å². The maximum absolute atomic E-state index is 12.6. The predicted molar refractivity (Wildman–Crippen MR) is 99.5 cm³/mol. The minimum absolute atomic E-state index is 0.181. The smallest absolute Gasteiger partial charge is 0.297 e. The lowest BCUT2D eigenvalue weighted by molar-refractivity contribution is -0.114. The van der Waals surface area contributed by atoms with Crippen LogP contribution in [0.15, 0.2) is 23.0 Å². The van der Waals surface area contributed by atoms with Crippen LogP contribution in [0.2, 0.25) is 0 Å². The molecule has 0 atom stereocenters. The van der Waals surface area contributed by atoms with Crippen molar-refractivity contribution in [3.05, 3.63) is 28.6 Å². The number of unbranched alkanes of at least 4 members (excludes halogenated alkanes) is 2. The van der Waals surface area contributed by atoms with Gasteiger partial charge in [-0.05, 0) is 31.0 Å². The molecule has 25 heavy (non-hydrogen) atoms. The maximum Gasteiger partial charge on any atom is 0.297 e. The van der Waals surface area contributed by atoms with E-state index >= 15 is 0 Å². The van der Waals surface area contributed by atoms with E-state index in [0.717, 1.165) is 25.7 Å². The van der Waals surface area contributed by atoms with Crippen molar-refractivity contribution in [2.45, 2.75) is 53.0 Å². The van der Waals surface area contributed by atoms with E-state index in [9.17, 15) is 14.7 Å². The number of carbonyl (C=O) groups excluding carboxylic acids is 1. The molecule has 0 saturated carbocycles. The normalized spacial score (nSPS) is 10.8. The van der Waals surface area contributed by atoms with Gasteiger partial charge in [0.05, 0.1) is 12.1 Å². The molecule has 0 aliphatic carbocycles. The highest BCUT2D eigenvalue weighted by molar-refractivity contribution is 5.94. The van der Waals surface area contributed by atoms with Crippen molar-refractivity contribution in [2.24, 2.45) is 0 Å². The molecule has 6 heteroatoms. The monoisotopic (exact) mass is 346 g/mol. The van der Waals surface area contributed by atoms with Crippen molar-refractivity contribution >= 4 is 22.5 Å². The molecule has 1 aromatic carbocycles. The third-order valence-corrected chi connectivity index (χ3v) is 4.00. The standard InChI is InChI=1S/C19H26N2O4/c1-4-6-10-21-16-12-14(20-13(3)22)8-9-15(16)18(17(23)19(21)24)25-11-7-5-2/h8-9,12,23H,4-7,10-11H2,1-3H3,(H,20,22). The minimum atomic E-state index is -0.465. The van der Waals surface area contributed by atoms with Crippen LogP contribution in [0.3, 0.4) is 0 Å². The zero-order valence-electron chi connectivity index (χ0n) is 15.1. The molecule has 1 amide bonds. The van der Waals surface area contributed by atoms with Crippen LogP contribution in [0.5, 0.6) is 11.5 Å². The van der Waals surface area contributed by atoms with Gasteiger partial charge < -0.3 is 19.7 Å². The van der Waals surface area contributed by atoms with Crippen molar-refractivity contribution in [2.75, 3.05) is 11.9 Å². The summed E-state index contributed by atoms with van der Waals surface area (Å²) < 4.78 is 7.25. The van der Waals surface area contributed by atoms with Crippen LogP contribution in [0.4, 0.5) is 5.69 Å². The van der Waals surface area contributed by atoms with Crippen molar-refractivity contribution < 1.29 is 14.6 Å². The third kappa shape index (κ3) is 4.32. The summed E-state index contributed by atoms with van der Waals surface area (Å²) in [6.07, 6.45) is 3.53. The number of nitrogens with one attached hydrogen (secondary N) is 1. The lowest BCUT2D eigenvalue weighted by Crippen LogP contribution is -2.21. The molecule has 0 bridgehead atoms. The van der Waals surface area contributed by atoms with Crippen LogP contribution in [0.1, 0.15) is 46.5 Å². The van der Waals surface area contributed by atoms with Gasteiger partial charge in [-0.15, -0.1) is 0 Å². The van der Waals surface area contributed by atoms with Crippen molar-refractivity contribution in [1.82, 2.24) is 4.57 Å². The topological polar surface area (TPSA) is 80.6 Å². The average Bonchev–Trinajstić information content (AvgIpc) is 2.58. The van der Waals surface area contributed by atoms with Gasteiger partial charge in [0.15, 0.2) is 5.75 Å². The number of carbonyl (C=O) groups is 1. The quantitative estimate of drug-likeness (QED) is 0.715. The molecule has 2 aromatic rings. The number of ether oxygens (including phenoxy) is 1. The number of pyridine rings is 1. The number of aryl methyl sites for hydroxylation is 1. The molecule has 0 aliphatic heterocycles. The Kier molecular flexibility index (Phi) is 6.44. The van der Waals surface area contributed by atoms with E-state index in [1.165, 1.54) is 6.92 Å². The molecule has 136 valence electrons. The summed E-state index contributed by atoms with van der Waals surface area (Å²) in [4.78, 5) is 23.9. The second kappa shape index (κ2) is 8.55. The molecule has 2 rings (SSSR count). The Bertz CT molecular complexity index is 811. The summed E-state index contributed by atoms with van der Waals surface area (Å²) in [5.74, 6) is -0.317. The van der Waals surface area contributed by atoms with E-state index in [-0.39, 0.29) is 17.4 Å². The first-order valence-corrected chi connectivity index (χ1v) is 8.79. The molecule has 0 spiro atoms. The van der Waals surface area contributed by atoms with Gasteiger partial charge in [-0.1, -0.05) is 26.7 Å². The van der Waals surface area contributed by atoms with Gasteiger partial charge in [0, 0.05) is 24.5 Å². The number of anilines is 1. The lowest BCUT2D eigenvalue weighted by Gasteiger charge is -2.16. The van der Waals surface area contributed by atoms with Crippen molar-refractivity contribution in [1.29, 1.82) is 0 Å². The van der Waals surface area contributed by atoms with Gasteiger partial charge in [0.1, 0.15) is 0 Å². The van der Waals surface area contributed by atoms with Crippen LogP contribution in [0.25, 0.3) is 10.9 Å². The van der Waals surface area contributed by atoms with Crippen LogP contribution < -0.4 is 15.6 Å². The van der Waals surface area contributed by atoms with Gasteiger partial charge in [0.25, 0.3) is 5.56 Å². The lowest BCUT2D eigenvalue weighted by atomic mass is 10.1. The molecule has 6 nitrogen and oxygen atoms in total. The van der Waals surface area contributed by atoms with Gasteiger partial charge in [-0.3, -0.25) is 9.59 Å². The fraction of sp³-hybridized carbons (Fsp3) is 0.474. The predicted octanol–water partition coefficient (Wildman–Crippen LogP) is 3.64. The van der Waals surface area contributed by atoms with Crippen molar-refractivity contribution in [3.8, 4) is 11.5 Å². The summed E-state index contributed by atoms with van der Waals surface area (Å²) >= 11 is 0. The fourth-order valence-corrected chi connectivity index (χ4v) is 2.69. The number of aromatic hydroxyl groups is 1. The number of rotatable bonds is 8. The first-order valence-electron chi connectivity index (χ1n) is 8.79. The first kappa shape index (κ1) is 18.8. The van der Waals surface area contributed by atoms with E-state index in [0.29, 0.717) is 29.7 Å². The summed E-state index contributed by atoms with van der Waals surface area (Å²) in [7, 11) is 0. The highest BCUT2D eigenvalue weighted by atomic mass is 16.5. The molecule has 1 aromatic heterocycles. The average molecular weight is 346 g/mol. The van der Waals surface area contributed by atoms with E-state index < -0.39 is 5.56 Å².